The van der Waals surface area contributed by atoms with E-state index < -0.39 is 5.82 Å². The van der Waals surface area contributed by atoms with Crippen molar-refractivity contribution < 1.29 is 9.60 Å². The van der Waals surface area contributed by atoms with Gasteiger partial charge in [0.25, 0.3) is 0 Å². The van der Waals surface area contributed by atoms with Gasteiger partial charge in [0.2, 0.25) is 0 Å². The highest BCUT2D eigenvalue weighted by Gasteiger charge is 2.02. The first kappa shape index (κ1) is 8.20. The minimum atomic E-state index is -0.419. The fourth-order valence-corrected chi connectivity index (χ4v) is 1.14. The predicted molar refractivity (Wildman–Crippen MR) is 43.5 cm³/mol. The summed E-state index contributed by atoms with van der Waals surface area (Å²) in [4.78, 5) is 0. The van der Waals surface area contributed by atoms with E-state index in [0.29, 0.717) is 4.47 Å². The van der Waals surface area contributed by atoms with Gasteiger partial charge in [-0.05, 0) is 12.1 Å². The van der Waals surface area contributed by atoms with Gasteiger partial charge >= 0.3 is 0 Å². The van der Waals surface area contributed by atoms with Gasteiger partial charge in [-0.2, -0.15) is 0 Å². The molecule has 1 rings (SSSR count). The fourth-order valence-electron chi connectivity index (χ4n) is 0.692. The monoisotopic (exact) mass is 217 g/mol. The van der Waals surface area contributed by atoms with Gasteiger partial charge in [-0.25, -0.2) is 4.39 Å². The van der Waals surface area contributed by atoms with Crippen LogP contribution in [0.3, 0.4) is 0 Å². The van der Waals surface area contributed by atoms with Crippen molar-refractivity contribution in [2.75, 3.05) is 0 Å². The second kappa shape index (κ2) is 3.48. The highest BCUT2D eigenvalue weighted by Crippen LogP contribution is 2.17. The molecule has 1 aromatic rings. The Morgan fingerprint density at radius 3 is 2.82 bits per heavy atom. The van der Waals surface area contributed by atoms with Crippen LogP contribution in [0, 0.1) is 5.82 Å². The summed E-state index contributed by atoms with van der Waals surface area (Å²) >= 11 is 3.11. The van der Waals surface area contributed by atoms with Crippen LogP contribution in [0.2, 0.25) is 0 Å². The average Bonchev–Trinajstić information content (AvgIpc) is 1.97. The standard InChI is InChI=1S/C7H5BrFNO/c8-6-2-1-3-7(9)5(6)4-10-11/h1-4,11H. The summed E-state index contributed by atoms with van der Waals surface area (Å²) in [6.45, 7) is 0. The lowest BCUT2D eigenvalue weighted by molar-refractivity contribution is 0.321. The smallest absolute Gasteiger partial charge is 0.133 e. The Labute approximate surface area is 71.5 Å². The molecule has 0 bridgehead atoms. The van der Waals surface area contributed by atoms with E-state index in [-0.39, 0.29) is 5.56 Å². The number of halogens is 2. The number of nitrogens with zero attached hydrogens (tertiary/aromatic N) is 1. The van der Waals surface area contributed by atoms with Gasteiger partial charge in [-0.1, -0.05) is 27.2 Å². The molecule has 1 N–H and O–H groups in total. The predicted octanol–water partition coefficient (Wildman–Crippen LogP) is 2.40. The molecule has 2 nitrogen and oxygen atoms in total. The molecule has 0 aliphatic heterocycles. The Morgan fingerprint density at radius 2 is 2.27 bits per heavy atom. The number of rotatable bonds is 1. The summed E-state index contributed by atoms with van der Waals surface area (Å²) in [5.41, 5.74) is 0.245. The zero-order valence-electron chi connectivity index (χ0n) is 5.46. The van der Waals surface area contributed by atoms with Crippen LogP contribution in [0.1, 0.15) is 5.56 Å². The van der Waals surface area contributed by atoms with E-state index in [1.54, 1.807) is 12.1 Å². The highest BCUT2D eigenvalue weighted by atomic mass is 79.9. The van der Waals surface area contributed by atoms with Crippen LogP contribution in [0.4, 0.5) is 4.39 Å². The Kier molecular flexibility index (Phi) is 2.59. The minimum Gasteiger partial charge on any atom is -0.411 e. The second-order valence-corrected chi connectivity index (χ2v) is 2.73. The Hall–Kier alpha value is -0.900. The maximum absolute atomic E-state index is 12.8. The molecule has 0 aliphatic carbocycles. The molecule has 0 unspecified atom stereocenters. The Bertz CT molecular complexity index is 268. The van der Waals surface area contributed by atoms with Crippen LogP contribution in [-0.2, 0) is 0 Å². The highest BCUT2D eigenvalue weighted by molar-refractivity contribution is 9.10. The topological polar surface area (TPSA) is 32.6 Å². The van der Waals surface area contributed by atoms with Crippen molar-refractivity contribution in [3.63, 3.8) is 0 Å². The van der Waals surface area contributed by atoms with Gasteiger partial charge in [0.15, 0.2) is 0 Å². The maximum Gasteiger partial charge on any atom is 0.133 e. The summed E-state index contributed by atoms with van der Waals surface area (Å²) < 4.78 is 13.4. The molecule has 0 atom stereocenters. The third-order valence-electron chi connectivity index (χ3n) is 1.19. The number of hydrogen-bond acceptors (Lipinski definition) is 2. The molecule has 58 valence electrons. The second-order valence-electron chi connectivity index (χ2n) is 1.88. The van der Waals surface area contributed by atoms with Crippen LogP contribution in [0.25, 0.3) is 0 Å². The van der Waals surface area contributed by atoms with Gasteiger partial charge in [0.05, 0.1) is 6.21 Å². The van der Waals surface area contributed by atoms with Crippen molar-refractivity contribution in [1.29, 1.82) is 0 Å². The molecule has 4 heteroatoms. The molecule has 0 amide bonds. The Balaban J connectivity index is 3.20. The largest absolute Gasteiger partial charge is 0.411 e. The van der Waals surface area contributed by atoms with Crippen molar-refractivity contribution in [2.24, 2.45) is 5.16 Å². The molecule has 0 heterocycles. The van der Waals surface area contributed by atoms with Gasteiger partial charge < -0.3 is 5.21 Å². The first-order valence-electron chi connectivity index (χ1n) is 2.87. The summed E-state index contributed by atoms with van der Waals surface area (Å²) in [7, 11) is 0. The SMILES string of the molecule is ON=Cc1c(F)cccc1Br. The van der Waals surface area contributed by atoms with Gasteiger partial charge in [-0.3, -0.25) is 0 Å². The molecular formula is C7H5BrFNO. The molecule has 0 radical (unpaired) electrons. The molecular weight excluding hydrogens is 213 g/mol. The van der Waals surface area contributed by atoms with Crippen LogP contribution in [0.5, 0.6) is 0 Å². The van der Waals surface area contributed by atoms with E-state index in [0.717, 1.165) is 6.21 Å². The van der Waals surface area contributed by atoms with Gasteiger partial charge in [0.1, 0.15) is 5.82 Å². The number of hydrogen-bond donors (Lipinski definition) is 1. The quantitative estimate of drug-likeness (QED) is 0.438. The number of benzene rings is 1. The molecule has 0 saturated heterocycles. The average molecular weight is 218 g/mol. The Morgan fingerprint density at radius 1 is 1.55 bits per heavy atom. The van der Waals surface area contributed by atoms with Crippen molar-refractivity contribution in [3.05, 3.63) is 34.1 Å². The fraction of sp³-hybridized carbons (Fsp3) is 0. The third-order valence-corrected chi connectivity index (χ3v) is 1.88. The lowest BCUT2D eigenvalue weighted by atomic mass is 10.2. The molecule has 0 fully saturated rings. The zero-order valence-corrected chi connectivity index (χ0v) is 7.05. The summed E-state index contributed by atoms with van der Waals surface area (Å²) in [6, 6.07) is 4.52. The van der Waals surface area contributed by atoms with E-state index in [2.05, 4.69) is 21.1 Å². The van der Waals surface area contributed by atoms with E-state index in [1.165, 1.54) is 6.07 Å². The number of oxime groups is 1. The van der Waals surface area contributed by atoms with Crippen LogP contribution >= 0.6 is 15.9 Å². The van der Waals surface area contributed by atoms with E-state index in [1.807, 2.05) is 0 Å². The van der Waals surface area contributed by atoms with Crippen molar-refractivity contribution in [2.45, 2.75) is 0 Å². The minimum absolute atomic E-state index is 0.245. The van der Waals surface area contributed by atoms with Crippen molar-refractivity contribution in [1.82, 2.24) is 0 Å². The molecule has 0 spiro atoms. The van der Waals surface area contributed by atoms with Gasteiger partial charge in [0, 0.05) is 10.0 Å². The lowest BCUT2D eigenvalue weighted by Crippen LogP contribution is -1.88. The first-order valence-corrected chi connectivity index (χ1v) is 3.66. The van der Waals surface area contributed by atoms with Crippen LogP contribution in [0.15, 0.2) is 27.8 Å². The summed E-state index contributed by atoms with van der Waals surface area (Å²) in [5.74, 6) is -0.419. The van der Waals surface area contributed by atoms with E-state index in [4.69, 9.17) is 5.21 Å². The van der Waals surface area contributed by atoms with Crippen LogP contribution in [-0.4, -0.2) is 11.4 Å². The molecule has 11 heavy (non-hydrogen) atoms. The molecule has 0 saturated carbocycles. The maximum atomic E-state index is 12.8. The van der Waals surface area contributed by atoms with Crippen molar-refractivity contribution >= 4 is 22.1 Å². The summed E-state index contributed by atoms with van der Waals surface area (Å²) in [6.07, 6.45) is 1.04. The summed E-state index contributed by atoms with van der Waals surface area (Å²) in [5, 5.41) is 10.9. The normalized spacial score (nSPS) is 10.7. The molecule has 0 aliphatic rings. The van der Waals surface area contributed by atoms with Crippen LogP contribution < -0.4 is 0 Å². The molecule has 1 aromatic carbocycles. The zero-order chi connectivity index (χ0) is 8.27. The van der Waals surface area contributed by atoms with E-state index in [9.17, 15) is 4.39 Å². The lowest BCUT2D eigenvalue weighted by Gasteiger charge is -1.96. The molecule has 0 aromatic heterocycles. The first-order chi connectivity index (χ1) is 5.25. The van der Waals surface area contributed by atoms with E-state index >= 15 is 0 Å². The third kappa shape index (κ3) is 1.77. The van der Waals surface area contributed by atoms with Gasteiger partial charge in [-0.15, -0.1) is 0 Å². The van der Waals surface area contributed by atoms with Crippen molar-refractivity contribution in [3.8, 4) is 0 Å².